The molecule has 43 heavy (non-hydrogen) atoms. The predicted octanol–water partition coefficient (Wildman–Crippen LogP) is 6.21. The number of nitrogens with zero attached hydrogens (tertiary/aromatic N) is 1. The molecule has 2 aromatic heterocycles. The Kier molecular flexibility index (Phi) is 8.04. The Labute approximate surface area is 256 Å². The second kappa shape index (κ2) is 11.8. The van der Waals surface area contributed by atoms with Crippen LogP contribution in [0.25, 0.3) is 31.4 Å². The maximum atomic E-state index is 13.6. The number of hydrogen-bond acceptors (Lipinski definition) is 6. The van der Waals surface area contributed by atoms with Gasteiger partial charge in [0.15, 0.2) is 0 Å². The van der Waals surface area contributed by atoms with Gasteiger partial charge in [-0.2, -0.15) is 0 Å². The summed E-state index contributed by atoms with van der Waals surface area (Å²) >= 11 is 1.61. The highest BCUT2D eigenvalue weighted by Crippen LogP contribution is 2.40. The van der Waals surface area contributed by atoms with Crippen LogP contribution in [0.2, 0.25) is 0 Å². The number of thiophene rings is 1. The van der Waals surface area contributed by atoms with Crippen LogP contribution in [0.5, 0.6) is 0 Å². The highest BCUT2D eigenvalue weighted by molar-refractivity contribution is 7.92. The number of carbonyl (C=O) groups excluding carboxylic acids is 1. The Morgan fingerprint density at radius 1 is 1.00 bits per heavy atom. The first-order valence-corrected chi connectivity index (χ1v) is 16.7. The van der Waals surface area contributed by atoms with Crippen molar-refractivity contribution >= 4 is 53.9 Å². The molecule has 8 nitrogen and oxygen atoms in total. The number of benzene rings is 3. The number of H-pyrrole nitrogens is 1. The molecular weight excluding hydrogens is 581 g/mol. The van der Waals surface area contributed by atoms with Crippen molar-refractivity contribution in [2.75, 3.05) is 44.1 Å². The summed E-state index contributed by atoms with van der Waals surface area (Å²) in [6.45, 7) is 10.7. The lowest BCUT2D eigenvalue weighted by atomic mass is 9.87. The standard InChI is InChI=1S/C33H36N4O4S2/c1-33(2,3)23-8-11-25(12-9-23)43(39,40)36-24-10-13-27-26(21-24)30(29-20-22-6-4-5-7-28(22)42-29)31(35-27)32(38)34-14-15-37-16-18-41-19-17-37/h4-13,20-21,35-36H,14-19H2,1-3H3,(H,34,38). The van der Waals surface area contributed by atoms with Gasteiger partial charge in [-0.25, -0.2) is 8.42 Å². The summed E-state index contributed by atoms with van der Waals surface area (Å²) in [5.41, 5.74) is 3.38. The van der Waals surface area contributed by atoms with E-state index in [1.54, 1.807) is 35.6 Å². The van der Waals surface area contributed by atoms with Crippen LogP contribution in [0.4, 0.5) is 5.69 Å². The summed E-state index contributed by atoms with van der Waals surface area (Å²) in [5, 5.41) is 4.94. The lowest BCUT2D eigenvalue weighted by Crippen LogP contribution is -2.41. The van der Waals surface area contributed by atoms with E-state index >= 15 is 0 Å². The van der Waals surface area contributed by atoms with Gasteiger partial charge in [-0.05, 0) is 58.8 Å². The average molecular weight is 617 g/mol. The van der Waals surface area contributed by atoms with Crippen molar-refractivity contribution in [1.29, 1.82) is 0 Å². The fourth-order valence-electron chi connectivity index (χ4n) is 5.38. The topological polar surface area (TPSA) is 104 Å². The monoisotopic (exact) mass is 616 g/mol. The van der Waals surface area contributed by atoms with E-state index in [2.05, 4.69) is 58.9 Å². The van der Waals surface area contributed by atoms with Gasteiger partial charge in [-0.3, -0.25) is 14.4 Å². The molecule has 0 bridgehead atoms. The van der Waals surface area contributed by atoms with E-state index in [9.17, 15) is 13.2 Å². The first-order valence-electron chi connectivity index (χ1n) is 14.4. The SMILES string of the molecule is CC(C)(C)c1ccc(S(=O)(=O)Nc2ccc3[nH]c(C(=O)NCCN4CCOCC4)c(-c4cc5ccccc5s4)c3c2)cc1. The molecule has 10 heteroatoms. The van der Waals surface area contributed by atoms with E-state index < -0.39 is 10.0 Å². The first kappa shape index (κ1) is 29.4. The molecule has 3 N–H and O–H groups in total. The third-order valence-corrected chi connectivity index (χ3v) is 10.3. The van der Waals surface area contributed by atoms with Crippen molar-refractivity contribution < 1.29 is 17.9 Å². The molecule has 0 spiro atoms. The zero-order chi connectivity index (χ0) is 30.2. The quantitative estimate of drug-likeness (QED) is 0.192. The van der Waals surface area contributed by atoms with Gasteiger partial charge < -0.3 is 15.0 Å². The number of aromatic nitrogens is 1. The normalized spacial score (nSPS) is 14.8. The van der Waals surface area contributed by atoms with Crippen molar-refractivity contribution in [3.63, 3.8) is 0 Å². The molecule has 3 heterocycles. The molecule has 0 atom stereocenters. The summed E-state index contributed by atoms with van der Waals surface area (Å²) in [6, 6.07) is 22.5. The van der Waals surface area contributed by atoms with E-state index in [0.717, 1.165) is 56.6 Å². The number of carbonyl (C=O) groups is 1. The van der Waals surface area contributed by atoms with Gasteiger partial charge in [-0.1, -0.05) is 51.1 Å². The third kappa shape index (κ3) is 6.33. The molecule has 5 aromatic rings. The highest BCUT2D eigenvalue weighted by Gasteiger charge is 2.23. The summed E-state index contributed by atoms with van der Waals surface area (Å²) in [7, 11) is -3.82. The Balaban J connectivity index is 1.33. The fourth-order valence-corrected chi connectivity index (χ4v) is 7.55. The molecule has 1 aliphatic rings. The minimum absolute atomic E-state index is 0.0788. The Bertz CT molecular complexity index is 1850. The number of anilines is 1. The molecule has 1 aliphatic heterocycles. The van der Waals surface area contributed by atoms with Crippen LogP contribution < -0.4 is 10.0 Å². The zero-order valence-electron chi connectivity index (χ0n) is 24.6. The van der Waals surface area contributed by atoms with E-state index in [4.69, 9.17) is 4.74 Å². The lowest BCUT2D eigenvalue weighted by Gasteiger charge is -2.26. The highest BCUT2D eigenvalue weighted by atomic mass is 32.2. The Hall–Kier alpha value is -3.70. The Morgan fingerprint density at radius 2 is 1.74 bits per heavy atom. The van der Waals surface area contributed by atoms with Crippen LogP contribution in [-0.2, 0) is 20.2 Å². The van der Waals surface area contributed by atoms with Gasteiger partial charge in [0.1, 0.15) is 5.69 Å². The van der Waals surface area contributed by atoms with Crippen LogP contribution in [0.15, 0.2) is 77.7 Å². The van der Waals surface area contributed by atoms with Crippen molar-refractivity contribution in [2.45, 2.75) is 31.1 Å². The fraction of sp³-hybridized carbons (Fsp3) is 0.303. The molecule has 0 unspecified atom stereocenters. The number of amides is 1. The number of fused-ring (bicyclic) bond motifs is 2. The number of rotatable bonds is 8. The maximum absolute atomic E-state index is 13.6. The van der Waals surface area contributed by atoms with Crippen LogP contribution in [0.1, 0.15) is 36.8 Å². The van der Waals surface area contributed by atoms with Crippen molar-refractivity contribution in [3.8, 4) is 10.4 Å². The average Bonchev–Trinajstić information content (AvgIpc) is 3.58. The van der Waals surface area contributed by atoms with Crippen LogP contribution in [0.3, 0.4) is 0 Å². The predicted molar refractivity (Wildman–Crippen MR) is 175 cm³/mol. The van der Waals surface area contributed by atoms with Crippen LogP contribution >= 0.6 is 11.3 Å². The second-order valence-electron chi connectivity index (χ2n) is 11.9. The second-order valence-corrected chi connectivity index (χ2v) is 14.6. The van der Waals surface area contributed by atoms with Gasteiger partial charge in [0.2, 0.25) is 0 Å². The third-order valence-electron chi connectivity index (χ3n) is 7.80. The van der Waals surface area contributed by atoms with Crippen molar-refractivity contribution in [1.82, 2.24) is 15.2 Å². The van der Waals surface area contributed by atoms with E-state index in [1.165, 1.54) is 0 Å². The maximum Gasteiger partial charge on any atom is 0.268 e. The number of morpholine rings is 1. The molecule has 1 fully saturated rings. The minimum atomic E-state index is -3.82. The van der Waals surface area contributed by atoms with E-state index in [0.29, 0.717) is 31.1 Å². The van der Waals surface area contributed by atoms with Crippen LogP contribution in [0, 0.1) is 0 Å². The number of hydrogen-bond donors (Lipinski definition) is 3. The first-order chi connectivity index (χ1) is 20.6. The molecule has 1 amide bonds. The van der Waals surface area contributed by atoms with Crippen LogP contribution in [-0.4, -0.2) is 63.6 Å². The largest absolute Gasteiger partial charge is 0.379 e. The molecule has 0 aliphatic carbocycles. The zero-order valence-corrected chi connectivity index (χ0v) is 26.2. The molecule has 0 radical (unpaired) electrons. The van der Waals surface area contributed by atoms with Gasteiger partial charge in [0, 0.05) is 57.9 Å². The summed E-state index contributed by atoms with van der Waals surface area (Å²) in [5.74, 6) is -0.196. The number of aromatic amines is 1. The molecule has 224 valence electrons. The summed E-state index contributed by atoms with van der Waals surface area (Å²) in [4.78, 5) is 20.3. The van der Waals surface area contributed by atoms with E-state index in [-0.39, 0.29) is 16.2 Å². The molecule has 3 aromatic carbocycles. The van der Waals surface area contributed by atoms with E-state index in [1.807, 2.05) is 30.3 Å². The minimum Gasteiger partial charge on any atom is -0.379 e. The smallest absolute Gasteiger partial charge is 0.268 e. The van der Waals surface area contributed by atoms with Crippen molar-refractivity contribution in [3.05, 3.63) is 84.1 Å². The molecular formula is C33H36N4O4S2. The van der Waals surface area contributed by atoms with Gasteiger partial charge in [0.05, 0.1) is 18.1 Å². The molecule has 0 saturated carbocycles. The summed E-state index contributed by atoms with van der Waals surface area (Å²) in [6.07, 6.45) is 0. The Morgan fingerprint density at radius 3 is 2.47 bits per heavy atom. The number of nitrogens with one attached hydrogen (secondary N) is 3. The summed E-state index contributed by atoms with van der Waals surface area (Å²) < 4.78 is 36.0. The number of sulfonamides is 1. The van der Waals surface area contributed by atoms with Gasteiger partial charge in [-0.15, -0.1) is 11.3 Å². The van der Waals surface area contributed by atoms with Gasteiger partial charge >= 0.3 is 0 Å². The molecule has 6 rings (SSSR count). The molecule has 1 saturated heterocycles. The lowest BCUT2D eigenvalue weighted by molar-refractivity contribution is 0.0383. The number of ether oxygens (including phenoxy) is 1. The van der Waals surface area contributed by atoms with Crippen molar-refractivity contribution in [2.24, 2.45) is 0 Å². The van der Waals surface area contributed by atoms with Gasteiger partial charge in [0.25, 0.3) is 15.9 Å².